The fourth-order valence-corrected chi connectivity index (χ4v) is 3.64. The number of nitrogens with zero attached hydrogens (tertiary/aromatic N) is 3. The predicted octanol–water partition coefficient (Wildman–Crippen LogP) is 2.73. The highest BCUT2D eigenvalue weighted by Crippen LogP contribution is 2.40. The first-order chi connectivity index (χ1) is 12.4. The van der Waals surface area contributed by atoms with Gasteiger partial charge in [0.15, 0.2) is 0 Å². The number of carbonyl (C=O) groups excluding carboxylic acids is 2. The van der Waals surface area contributed by atoms with Gasteiger partial charge in [0.25, 0.3) is 11.8 Å². The zero-order valence-electron chi connectivity index (χ0n) is 14.2. The minimum absolute atomic E-state index is 0.218. The number of aromatic nitrogens is 2. The maximum atomic E-state index is 12.6. The van der Waals surface area contributed by atoms with Gasteiger partial charge < -0.3 is 4.57 Å². The third kappa shape index (κ3) is 3.76. The molecule has 26 heavy (non-hydrogen) atoms. The van der Waals surface area contributed by atoms with Crippen LogP contribution in [-0.2, 0) is 7.05 Å². The molecular weight excluding hydrogens is 418 g/mol. The predicted molar refractivity (Wildman–Crippen MR) is 101 cm³/mol. The fraction of sp³-hybridized carbons (Fsp3) is 0.294. The second-order valence-electron chi connectivity index (χ2n) is 5.93. The number of hydrazine groups is 1. The lowest BCUT2D eigenvalue weighted by Gasteiger charge is -2.12. The summed E-state index contributed by atoms with van der Waals surface area (Å²) in [6, 6.07) is 5.34. The van der Waals surface area contributed by atoms with E-state index in [0.717, 1.165) is 23.0 Å². The van der Waals surface area contributed by atoms with Crippen molar-refractivity contribution in [1.29, 1.82) is 5.26 Å². The van der Waals surface area contributed by atoms with Crippen LogP contribution in [0.3, 0.4) is 0 Å². The quantitative estimate of drug-likeness (QED) is 0.570. The first-order valence-corrected chi connectivity index (χ1v) is 9.88. The summed E-state index contributed by atoms with van der Waals surface area (Å²) in [5.74, 6) is -0.648. The van der Waals surface area contributed by atoms with Crippen molar-refractivity contribution >= 4 is 39.5 Å². The van der Waals surface area contributed by atoms with Crippen LogP contribution in [0.4, 0.5) is 0 Å². The molecule has 0 bridgehead atoms. The van der Waals surface area contributed by atoms with Crippen LogP contribution >= 0.6 is 27.7 Å². The Hall–Kier alpha value is -2.31. The summed E-state index contributed by atoms with van der Waals surface area (Å²) >= 11 is 4.62. The molecule has 2 heterocycles. The van der Waals surface area contributed by atoms with Gasteiger partial charge in [-0.05, 0) is 47.2 Å². The average Bonchev–Trinajstić information content (AvgIpc) is 3.42. The molecule has 0 radical (unpaired) electrons. The molecule has 0 atom stereocenters. The number of amides is 2. The van der Waals surface area contributed by atoms with Gasteiger partial charge in [0, 0.05) is 29.3 Å². The van der Waals surface area contributed by atoms with Crippen molar-refractivity contribution in [1.82, 2.24) is 20.4 Å². The van der Waals surface area contributed by atoms with Crippen molar-refractivity contribution in [3.05, 3.63) is 45.3 Å². The minimum Gasteiger partial charge on any atom is -0.345 e. The standard InChI is InChI=1S/C17H16BrN5O2S/c1-23-8-10(18)5-14(23)16(25)22-21-15(24)11-6-13(9-3-4-9)20-17(26-2)12(11)7-19/h5-6,8-9H,3-4H2,1-2H3,(H,21,24)(H,22,25). The smallest absolute Gasteiger partial charge is 0.286 e. The van der Waals surface area contributed by atoms with Crippen molar-refractivity contribution in [3.63, 3.8) is 0 Å². The minimum atomic E-state index is -0.539. The Bertz CT molecular complexity index is 930. The van der Waals surface area contributed by atoms with Gasteiger partial charge in [-0.25, -0.2) is 4.98 Å². The third-order valence-corrected chi connectivity index (χ3v) is 5.16. The van der Waals surface area contributed by atoms with Gasteiger partial charge >= 0.3 is 0 Å². The summed E-state index contributed by atoms with van der Waals surface area (Å²) < 4.78 is 2.39. The van der Waals surface area contributed by atoms with Gasteiger partial charge in [0.2, 0.25) is 0 Å². The van der Waals surface area contributed by atoms with E-state index in [2.05, 4.69) is 31.8 Å². The summed E-state index contributed by atoms with van der Waals surface area (Å²) in [5.41, 5.74) is 6.42. The molecule has 0 unspecified atom stereocenters. The van der Waals surface area contributed by atoms with Crippen molar-refractivity contribution in [2.75, 3.05) is 6.26 Å². The number of aryl methyl sites for hydroxylation is 1. The number of thioether (sulfide) groups is 1. The van der Waals surface area contributed by atoms with E-state index >= 15 is 0 Å². The molecule has 1 fully saturated rings. The Morgan fingerprint density at radius 1 is 1.35 bits per heavy atom. The first kappa shape index (κ1) is 18.5. The molecule has 2 amide bonds. The van der Waals surface area contributed by atoms with Gasteiger partial charge in [0.05, 0.1) is 11.1 Å². The Balaban J connectivity index is 1.81. The summed E-state index contributed by atoms with van der Waals surface area (Å²) in [6.45, 7) is 0. The summed E-state index contributed by atoms with van der Waals surface area (Å²) in [5, 5.41) is 9.97. The maximum Gasteiger partial charge on any atom is 0.286 e. The largest absolute Gasteiger partial charge is 0.345 e. The summed E-state index contributed by atoms with van der Waals surface area (Å²) in [7, 11) is 1.73. The molecule has 134 valence electrons. The summed E-state index contributed by atoms with van der Waals surface area (Å²) in [4.78, 5) is 29.3. The Labute approximate surface area is 163 Å². The Kier molecular flexibility index (Phi) is 5.34. The van der Waals surface area contributed by atoms with Crippen molar-refractivity contribution in [2.45, 2.75) is 23.8 Å². The van der Waals surface area contributed by atoms with Crippen molar-refractivity contribution in [3.8, 4) is 6.07 Å². The lowest BCUT2D eigenvalue weighted by molar-refractivity contribution is 0.0841. The fourth-order valence-electron chi connectivity index (χ4n) is 2.56. The van der Waals surface area contributed by atoms with Gasteiger partial charge in [-0.1, -0.05) is 0 Å². The number of pyridine rings is 1. The number of rotatable bonds is 4. The number of carbonyl (C=O) groups is 2. The lowest BCUT2D eigenvalue weighted by Crippen LogP contribution is -2.42. The van der Waals surface area contributed by atoms with Crippen LogP contribution in [0.2, 0.25) is 0 Å². The highest BCUT2D eigenvalue weighted by Gasteiger charge is 2.28. The van der Waals surface area contributed by atoms with Crippen LogP contribution in [0, 0.1) is 11.3 Å². The molecule has 2 aromatic heterocycles. The van der Waals surface area contributed by atoms with E-state index in [1.54, 1.807) is 29.9 Å². The average molecular weight is 434 g/mol. The molecule has 7 nitrogen and oxygen atoms in total. The lowest BCUT2D eigenvalue weighted by atomic mass is 10.1. The molecule has 3 rings (SSSR count). The van der Waals surface area contributed by atoms with E-state index in [9.17, 15) is 14.9 Å². The molecule has 0 aliphatic heterocycles. The van der Waals surface area contributed by atoms with Gasteiger partial charge in [0.1, 0.15) is 16.8 Å². The first-order valence-electron chi connectivity index (χ1n) is 7.86. The van der Waals surface area contributed by atoms with E-state index < -0.39 is 11.8 Å². The van der Waals surface area contributed by atoms with E-state index in [-0.39, 0.29) is 11.1 Å². The van der Waals surface area contributed by atoms with E-state index in [4.69, 9.17) is 0 Å². The molecule has 1 aliphatic carbocycles. The molecule has 0 spiro atoms. The van der Waals surface area contributed by atoms with E-state index in [1.165, 1.54) is 11.8 Å². The molecule has 1 aliphatic rings. The Morgan fingerprint density at radius 2 is 2.04 bits per heavy atom. The van der Waals surface area contributed by atoms with Crippen LogP contribution in [0.5, 0.6) is 0 Å². The van der Waals surface area contributed by atoms with Crippen LogP contribution in [0.15, 0.2) is 27.8 Å². The summed E-state index contributed by atoms with van der Waals surface area (Å²) in [6.07, 6.45) is 5.62. The number of hydrogen-bond acceptors (Lipinski definition) is 5. The monoisotopic (exact) mass is 433 g/mol. The zero-order chi connectivity index (χ0) is 18.8. The second kappa shape index (κ2) is 7.51. The SMILES string of the molecule is CSc1nc(C2CC2)cc(C(=O)NNC(=O)c2cc(Br)cn2C)c1C#N. The van der Waals surface area contributed by atoms with Crippen LogP contribution in [0.1, 0.15) is 50.9 Å². The molecule has 2 aromatic rings. The highest BCUT2D eigenvalue weighted by molar-refractivity contribution is 9.10. The molecule has 0 aromatic carbocycles. The number of nitrogens with one attached hydrogen (secondary N) is 2. The van der Waals surface area contributed by atoms with E-state index in [0.29, 0.717) is 16.6 Å². The molecule has 2 N–H and O–H groups in total. The van der Waals surface area contributed by atoms with Crippen LogP contribution in [-0.4, -0.2) is 27.6 Å². The molecule has 0 saturated heterocycles. The van der Waals surface area contributed by atoms with Gasteiger partial charge in [-0.2, -0.15) is 5.26 Å². The molecule has 1 saturated carbocycles. The number of halogens is 1. The number of hydrogen-bond donors (Lipinski definition) is 2. The van der Waals surface area contributed by atoms with Gasteiger partial charge in [-0.15, -0.1) is 11.8 Å². The van der Waals surface area contributed by atoms with Crippen molar-refractivity contribution in [2.24, 2.45) is 7.05 Å². The van der Waals surface area contributed by atoms with E-state index in [1.807, 2.05) is 12.3 Å². The maximum absolute atomic E-state index is 12.6. The highest BCUT2D eigenvalue weighted by atomic mass is 79.9. The van der Waals surface area contributed by atoms with Crippen LogP contribution in [0.25, 0.3) is 0 Å². The molecule has 9 heteroatoms. The topological polar surface area (TPSA) is 99.8 Å². The molecular formula is C17H16BrN5O2S. The second-order valence-corrected chi connectivity index (χ2v) is 7.64. The third-order valence-electron chi connectivity index (χ3n) is 4.05. The number of nitriles is 1. The zero-order valence-corrected chi connectivity index (χ0v) is 16.6. The normalized spacial score (nSPS) is 13.2. The van der Waals surface area contributed by atoms with Crippen LogP contribution < -0.4 is 10.9 Å². The van der Waals surface area contributed by atoms with Gasteiger partial charge in [-0.3, -0.25) is 20.4 Å². The Morgan fingerprint density at radius 3 is 2.58 bits per heavy atom. The van der Waals surface area contributed by atoms with Crippen molar-refractivity contribution < 1.29 is 9.59 Å².